The number of carbonyl (C=O) groups is 1. The molecule has 5 heteroatoms. The van der Waals surface area contributed by atoms with Gasteiger partial charge in [-0.05, 0) is 40.5 Å². The molecule has 0 unspecified atom stereocenters. The second kappa shape index (κ2) is 8.27. The predicted octanol–water partition coefficient (Wildman–Crippen LogP) is 2.22. The zero-order valence-electron chi connectivity index (χ0n) is 13.1. The van der Waals surface area contributed by atoms with E-state index in [0.29, 0.717) is 18.7 Å². The summed E-state index contributed by atoms with van der Waals surface area (Å²) in [7, 11) is 0. The minimum absolute atomic E-state index is 0.381. The summed E-state index contributed by atoms with van der Waals surface area (Å²) in [4.78, 5) is 11.4. The van der Waals surface area contributed by atoms with Crippen LogP contribution in [0, 0.1) is 0 Å². The summed E-state index contributed by atoms with van der Waals surface area (Å²) in [5, 5.41) is 6.11. The van der Waals surface area contributed by atoms with Gasteiger partial charge in [0.1, 0.15) is 5.60 Å². The molecule has 0 spiro atoms. The number of amides is 1. The highest BCUT2D eigenvalue weighted by Crippen LogP contribution is 2.22. The third kappa shape index (κ3) is 7.50. The third-order valence-corrected chi connectivity index (χ3v) is 2.95. The van der Waals surface area contributed by atoms with Crippen LogP contribution in [0.15, 0.2) is 12.2 Å². The quantitative estimate of drug-likeness (QED) is 0.704. The van der Waals surface area contributed by atoms with Crippen molar-refractivity contribution in [3.8, 4) is 0 Å². The molecule has 1 saturated carbocycles. The number of hydrogen-bond donors (Lipinski definition) is 2. The topological polar surface area (TPSA) is 59.6 Å². The standard InChI is InChI=1S/C15H28N2O3/c1-5-19-13-10-12(11-13)16-8-6-7-9-17-14(18)20-15(2,3)4/h6-7,12-13,16H,5,8-11H2,1-4H3,(H,17,18)/b7-6+. The van der Waals surface area contributed by atoms with Gasteiger partial charge in [0.05, 0.1) is 6.10 Å². The molecule has 0 aliphatic heterocycles. The molecule has 1 fully saturated rings. The summed E-state index contributed by atoms with van der Waals surface area (Å²) < 4.78 is 10.6. The monoisotopic (exact) mass is 284 g/mol. The van der Waals surface area contributed by atoms with Crippen LogP contribution in [-0.2, 0) is 9.47 Å². The van der Waals surface area contributed by atoms with E-state index in [4.69, 9.17) is 9.47 Å². The maximum atomic E-state index is 11.4. The number of nitrogens with one attached hydrogen (secondary N) is 2. The minimum atomic E-state index is -0.448. The Balaban J connectivity index is 1.97. The molecule has 1 aliphatic carbocycles. The lowest BCUT2D eigenvalue weighted by Crippen LogP contribution is -2.45. The van der Waals surface area contributed by atoms with E-state index in [-0.39, 0.29) is 6.09 Å². The Morgan fingerprint density at radius 2 is 1.90 bits per heavy atom. The number of hydrogen-bond acceptors (Lipinski definition) is 4. The van der Waals surface area contributed by atoms with Gasteiger partial charge in [-0.3, -0.25) is 0 Å². The third-order valence-electron chi connectivity index (χ3n) is 2.95. The summed E-state index contributed by atoms with van der Waals surface area (Å²) in [5.74, 6) is 0. The first-order chi connectivity index (χ1) is 9.40. The molecule has 116 valence electrons. The fourth-order valence-electron chi connectivity index (χ4n) is 1.96. The van der Waals surface area contributed by atoms with E-state index in [9.17, 15) is 4.79 Å². The Labute approximate surface area is 122 Å². The van der Waals surface area contributed by atoms with Crippen LogP contribution in [-0.4, -0.2) is 43.5 Å². The van der Waals surface area contributed by atoms with Crippen LogP contribution < -0.4 is 10.6 Å². The fourth-order valence-corrected chi connectivity index (χ4v) is 1.96. The van der Waals surface area contributed by atoms with Crippen LogP contribution in [0.5, 0.6) is 0 Å². The molecule has 5 nitrogen and oxygen atoms in total. The summed E-state index contributed by atoms with van der Waals surface area (Å²) >= 11 is 0. The van der Waals surface area contributed by atoms with Crippen molar-refractivity contribution in [3.05, 3.63) is 12.2 Å². The van der Waals surface area contributed by atoms with Crippen LogP contribution in [0.25, 0.3) is 0 Å². The van der Waals surface area contributed by atoms with Crippen molar-refractivity contribution in [2.24, 2.45) is 0 Å². The maximum absolute atomic E-state index is 11.4. The predicted molar refractivity (Wildman–Crippen MR) is 79.8 cm³/mol. The van der Waals surface area contributed by atoms with Gasteiger partial charge in [0.2, 0.25) is 0 Å². The van der Waals surface area contributed by atoms with E-state index < -0.39 is 5.60 Å². The minimum Gasteiger partial charge on any atom is -0.444 e. The molecule has 0 aromatic heterocycles. The highest BCUT2D eigenvalue weighted by Gasteiger charge is 2.28. The summed E-state index contributed by atoms with van der Waals surface area (Å²) in [6.45, 7) is 9.68. The molecule has 0 bridgehead atoms. The van der Waals surface area contributed by atoms with E-state index in [1.165, 1.54) is 0 Å². The fraction of sp³-hybridized carbons (Fsp3) is 0.800. The second-order valence-corrected chi connectivity index (χ2v) is 6.01. The molecule has 0 saturated heterocycles. The molecule has 1 aliphatic rings. The van der Waals surface area contributed by atoms with Crippen molar-refractivity contribution in [1.29, 1.82) is 0 Å². The highest BCUT2D eigenvalue weighted by molar-refractivity contribution is 5.67. The largest absolute Gasteiger partial charge is 0.444 e. The lowest BCUT2D eigenvalue weighted by Gasteiger charge is -2.35. The Kier molecular flexibility index (Phi) is 7.02. The van der Waals surface area contributed by atoms with Crippen LogP contribution in [0.1, 0.15) is 40.5 Å². The highest BCUT2D eigenvalue weighted by atomic mass is 16.6. The van der Waals surface area contributed by atoms with E-state index in [1.54, 1.807) is 0 Å². The Morgan fingerprint density at radius 3 is 2.50 bits per heavy atom. The van der Waals surface area contributed by atoms with Gasteiger partial charge in [-0.25, -0.2) is 4.79 Å². The van der Waals surface area contributed by atoms with Crippen LogP contribution in [0.2, 0.25) is 0 Å². The number of rotatable bonds is 7. The average Bonchev–Trinajstić information content (AvgIpc) is 2.27. The number of carbonyl (C=O) groups excluding carboxylic acids is 1. The molecular formula is C15H28N2O3. The van der Waals surface area contributed by atoms with E-state index in [0.717, 1.165) is 26.0 Å². The summed E-state index contributed by atoms with van der Waals surface area (Å²) in [5.41, 5.74) is -0.448. The van der Waals surface area contributed by atoms with Gasteiger partial charge in [0.15, 0.2) is 0 Å². The molecule has 0 atom stereocenters. The first-order valence-electron chi connectivity index (χ1n) is 7.37. The Bertz CT molecular complexity index is 318. The van der Waals surface area contributed by atoms with Gasteiger partial charge in [-0.1, -0.05) is 12.2 Å². The molecule has 0 radical (unpaired) electrons. The normalized spacial score (nSPS) is 22.6. The molecule has 1 amide bonds. The Morgan fingerprint density at radius 1 is 1.25 bits per heavy atom. The van der Waals surface area contributed by atoms with Crippen LogP contribution >= 0.6 is 0 Å². The lowest BCUT2D eigenvalue weighted by molar-refractivity contribution is -0.00899. The van der Waals surface area contributed by atoms with Crippen molar-refractivity contribution in [2.75, 3.05) is 19.7 Å². The lowest BCUT2D eigenvalue weighted by atomic mass is 9.89. The van der Waals surface area contributed by atoms with Gasteiger partial charge in [-0.15, -0.1) is 0 Å². The van der Waals surface area contributed by atoms with Crippen LogP contribution in [0.3, 0.4) is 0 Å². The Hall–Kier alpha value is -1.07. The van der Waals surface area contributed by atoms with Gasteiger partial charge >= 0.3 is 6.09 Å². The van der Waals surface area contributed by atoms with Gasteiger partial charge in [0.25, 0.3) is 0 Å². The van der Waals surface area contributed by atoms with Crippen molar-refractivity contribution in [3.63, 3.8) is 0 Å². The zero-order chi connectivity index (χ0) is 15.0. The van der Waals surface area contributed by atoms with Gasteiger partial charge in [0, 0.05) is 25.7 Å². The second-order valence-electron chi connectivity index (χ2n) is 6.01. The maximum Gasteiger partial charge on any atom is 0.407 e. The first-order valence-corrected chi connectivity index (χ1v) is 7.37. The summed E-state index contributed by atoms with van der Waals surface area (Å²) in [6.07, 6.45) is 6.19. The molecule has 1 rings (SSSR count). The average molecular weight is 284 g/mol. The smallest absolute Gasteiger partial charge is 0.407 e. The van der Waals surface area contributed by atoms with E-state index >= 15 is 0 Å². The van der Waals surface area contributed by atoms with Crippen molar-refractivity contribution >= 4 is 6.09 Å². The van der Waals surface area contributed by atoms with Crippen molar-refractivity contribution in [1.82, 2.24) is 10.6 Å². The first kappa shape index (κ1) is 17.0. The zero-order valence-corrected chi connectivity index (χ0v) is 13.1. The molecule has 0 heterocycles. The molecular weight excluding hydrogens is 256 g/mol. The van der Waals surface area contributed by atoms with E-state index in [1.807, 2.05) is 39.8 Å². The molecule has 0 aromatic rings. The molecule has 20 heavy (non-hydrogen) atoms. The van der Waals surface area contributed by atoms with E-state index in [2.05, 4.69) is 10.6 Å². The van der Waals surface area contributed by atoms with Gasteiger partial charge < -0.3 is 20.1 Å². The number of alkyl carbamates (subject to hydrolysis) is 1. The molecule has 2 N–H and O–H groups in total. The number of ether oxygens (including phenoxy) is 2. The van der Waals surface area contributed by atoms with Crippen molar-refractivity contribution < 1.29 is 14.3 Å². The van der Waals surface area contributed by atoms with Gasteiger partial charge in [-0.2, -0.15) is 0 Å². The summed E-state index contributed by atoms with van der Waals surface area (Å²) in [6, 6.07) is 0.565. The SMILES string of the molecule is CCOC1CC(NC/C=C/CNC(=O)OC(C)(C)C)C1. The van der Waals surface area contributed by atoms with Crippen molar-refractivity contribution in [2.45, 2.75) is 58.3 Å². The molecule has 0 aromatic carbocycles. The van der Waals surface area contributed by atoms with Crippen LogP contribution in [0.4, 0.5) is 4.79 Å².